The largest absolute Gasteiger partial charge is 0.484 e. The first kappa shape index (κ1) is 16.4. The fourth-order valence-electron chi connectivity index (χ4n) is 1.68. The lowest BCUT2D eigenvalue weighted by Crippen LogP contribution is -2.09. The highest BCUT2D eigenvalue weighted by Gasteiger charge is 2.13. The Morgan fingerprint density at radius 1 is 1.32 bits per heavy atom. The molecule has 1 aromatic heterocycles. The van der Waals surface area contributed by atoms with Crippen molar-refractivity contribution in [2.45, 2.75) is 45.6 Å². The van der Waals surface area contributed by atoms with Gasteiger partial charge in [-0.15, -0.1) is 0 Å². The van der Waals surface area contributed by atoms with Gasteiger partial charge >= 0.3 is 0 Å². The number of hydrogen-bond donors (Lipinski definition) is 2. The van der Waals surface area contributed by atoms with E-state index < -0.39 is 0 Å². The van der Waals surface area contributed by atoms with Gasteiger partial charge in [0.05, 0.1) is 6.10 Å². The molecule has 0 fully saturated rings. The predicted octanol–water partition coefficient (Wildman–Crippen LogP) is 3.85. The van der Waals surface area contributed by atoms with Gasteiger partial charge in [0.15, 0.2) is 16.6 Å². The fourth-order valence-corrected chi connectivity index (χ4v) is 2.85. The van der Waals surface area contributed by atoms with Crippen molar-refractivity contribution in [3.8, 4) is 5.75 Å². The minimum Gasteiger partial charge on any atom is -0.484 e. The minimum absolute atomic E-state index is 0.116. The fraction of sp³-hybridized carbons (Fsp3) is 0.769. The Kier molecular flexibility index (Phi) is 8.05. The summed E-state index contributed by atoms with van der Waals surface area (Å²) in [6, 6.07) is 0. The molecule has 0 radical (unpaired) electrons. The summed E-state index contributed by atoms with van der Waals surface area (Å²) >= 11 is 3.30. The van der Waals surface area contributed by atoms with Gasteiger partial charge in [-0.25, -0.2) is 0 Å². The summed E-state index contributed by atoms with van der Waals surface area (Å²) < 4.78 is 9.82. The quantitative estimate of drug-likeness (QED) is 0.643. The van der Waals surface area contributed by atoms with Gasteiger partial charge in [-0.1, -0.05) is 12.8 Å². The van der Waals surface area contributed by atoms with E-state index in [4.69, 9.17) is 10.5 Å². The molecule has 0 atom stereocenters. The van der Waals surface area contributed by atoms with Crippen molar-refractivity contribution in [2.75, 3.05) is 29.6 Å². The smallest absolute Gasteiger partial charge is 0.197 e. The molecule has 6 heteroatoms. The monoisotopic (exact) mass is 303 g/mol. The third kappa shape index (κ3) is 6.38. The molecule has 1 aromatic rings. The van der Waals surface area contributed by atoms with Crippen LogP contribution in [0.4, 0.5) is 10.8 Å². The number of thioether (sulfide) groups is 1. The highest BCUT2D eigenvalue weighted by Crippen LogP contribution is 2.35. The lowest BCUT2D eigenvalue weighted by Gasteiger charge is -2.11. The van der Waals surface area contributed by atoms with Gasteiger partial charge < -0.3 is 15.8 Å². The molecule has 0 aliphatic rings. The van der Waals surface area contributed by atoms with Crippen molar-refractivity contribution in [1.29, 1.82) is 0 Å². The molecule has 0 unspecified atom stereocenters. The van der Waals surface area contributed by atoms with Crippen LogP contribution in [0.3, 0.4) is 0 Å². The van der Waals surface area contributed by atoms with Crippen LogP contribution in [0.5, 0.6) is 5.75 Å². The molecular formula is C13H25N3OS2. The molecule has 0 saturated carbocycles. The van der Waals surface area contributed by atoms with Crippen LogP contribution in [0, 0.1) is 0 Å². The van der Waals surface area contributed by atoms with Crippen molar-refractivity contribution in [1.82, 2.24) is 4.37 Å². The first-order chi connectivity index (χ1) is 9.15. The summed E-state index contributed by atoms with van der Waals surface area (Å²) in [4.78, 5) is 0. The average molecular weight is 303 g/mol. The van der Waals surface area contributed by atoms with Crippen LogP contribution in [-0.2, 0) is 0 Å². The summed E-state index contributed by atoms with van der Waals surface area (Å²) in [5.41, 5.74) is 5.81. The summed E-state index contributed by atoms with van der Waals surface area (Å²) in [7, 11) is 0. The van der Waals surface area contributed by atoms with E-state index in [1.807, 2.05) is 25.6 Å². The number of nitrogens with zero attached hydrogens (tertiary/aromatic N) is 1. The van der Waals surface area contributed by atoms with E-state index in [1.54, 1.807) is 0 Å². The highest BCUT2D eigenvalue weighted by atomic mass is 32.2. The number of nitrogens with two attached hydrogens (primary N) is 1. The number of hydrogen-bond acceptors (Lipinski definition) is 6. The maximum Gasteiger partial charge on any atom is 0.197 e. The zero-order valence-corrected chi connectivity index (χ0v) is 13.7. The number of nitrogens with one attached hydrogen (secondary N) is 1. The molecule has 0 bridgehead atoms. The third-order valence-electron chi connectivity index (χ3n) is 2.59. The number of nitrogen functional groups attached to an aromatic ring is 1. The molecule has 1 rings (SSSR count). The summed E-state index contributed by atoms with van der Waals surface area (Å²) in [6.45, 7) is 4.94. The van der Waals surface area contributed by atoms with Crippen molar-refractivity contribution >= 4 is 34.1 Å². The number of anilines is 2. The Hall–Kier alpha value is -0.620. The summed E-state index contributed by atoms with van der Waals surface area (Å²) in [5, 5.41) is 4.33. The maximum atomic E-state index is 5.81. The molecule has 0 aliphatic heterocycles. The van der Waals surface area contributed by atoms with E-state index in [9.17, 15) is 0 Å². The van der Waals surface area contributed by atoms with Crippen molar-refractivity contribution in [3.05, 3.63) is 0 Å². The maximum absolute atomic E-state index is 5.81. The Morgan fingerprint density at radius 2 is 2.05 bits per heavy atom. The van der Waals surface area contributed by atoms with Crippen molar-refractivity contribution in [3.63, 3.8) is 0 Å². The standard InChI is InChI=1S/C13H25N3OS2/c1-10(2)17-11-12(14)16-19-13(11)15-8-6-4-5-7-9-18-3/h10,15H,4-9H2,1-3H3,(H2,14,16). The Morgan fingerprint density at radius 3 is 2.74 bits per heavy atom. The van der Waals surface area contributed by atoms with Crippen molar-refractivity contribution < 1.29 is 4.74 Å². The SMILES string of the molecule is CSCCCCCCNc1snc(N)c1OC(C)C. The van der Waals surface area contributed by atoms with Crippen LogP contribution in [-0.4, -0.2) is 29.0 Å². The van der Waals surface area contributed by atoms with Crippen LogP contribution >= 0.6 is 23.3 Å². The van der Waals surface area contributed by atoms with Crippen LogP contribution in [0.15, 0.2) is 0 Å². The lowest BCUT2D eigenvalue weighted by molar-refractivity contribution is 0.245. The van der Waals surface area contributed by atoms with Gasteiger partial charge in [-0.05, 0) is 50.2 Å². The third-order valence-corrected chi connectivity index (χ3v) is 4.09. The highest BCUT2D eigenvalue weighted by molar-refractivity contribution is 7.98. The van der Waals surface area contributed by atoms with Crippen molar-refractivity contribution in [2.24, 2.45) is 0 Å². The zero-order valence-electron chi connectivity index (χ0n) is 12.1. The second kappa shape index (κ2) is 9.31. The Balaban J connectivity index is 2.25. The van der Waals surface area contributed by atoms with Crippen LogP contribution in [0.2, 0.25) is 0 Å². The second-order valence-corrected chi connectivity index (χ2v) is 6.49. The van der Waals surface area contributed by atoms with E-state index in [0.29, 0.717) is 11.6 Å². The topological polar surface area (TPSA) is 60.2 Å². The van der Waals surface area contributed by atoms with Gasteiger partial charge in [-0.2, -0.15) is 16.1 Å². The summed E-state index contributed by atoms with van der Waals surface area (Å²) in [6.07, 6.45) is 7.34. The van der Waals surface area contributed by atoms with Crippen LogP contribution < -0.4 is 15.8 Å². The van der Waals surface area contributed by atoms with Gasteiger partial charge in [0, 0.05) is 6.54 Å². The molecule has 1 heterocycles. The normalized spacial score (nSPS) is 10.9. The van der Waals surface area contributed by atoms with Gasteiger partial charge in [0.25, 0.3) is 0 Å². The number of aromatic nitrogens is 1. The van der Waals surface area contributed by atoms with Crippen LogP contribution in [0.1, 0.15) is 39.5 Å². The Bertz CT molecular complexity index is 356. The lowest BCUT2D eigenvalue weighted by atomic mass is 10.2. The van der Waals surface area contributed by atoms with E-state index in [0.717, 1.165) is 11.5 Å². The average Bonchev–Trinajstić information content (AvgIpc) is 2.70. The van der Waals surface area contributed by atoms with E-state index in [-0.39, 0.29) is 6.10 Å². The van der Waals surface area contributed by atoms with E-state index in [1.165, 1.54) is 43.0 Å². The summed E-state index contributed by atoms with van der Waals surface area (Å²) in [5.74, 6) is 2.47. The molecule has 0 amide bonds. The molecular weight excluding hydrogens is 278 g/mol. The molecule has 3 N–H and O–H groups in total. The van der Waals surface area contributed by atoms with Crippen LogP contribution in [0.25, 0.3) is 0 Å². The van der Waals surface area contributed by atoms with Gasteiger partial charge in [0.1, 0.15) is 0 Å². The van der Waals surface area contributed by atoms with E-state index >= 15 is 0 Å². The second-order valence-electron chi connectivity index (χ2n) is 4.73. The first-order valence-electron chi connectivity index (χ1n) is 6.79. The number of ether oxygens (including phenoxy) is 1. The molecule has 0 aliphatic carbocycles. The predicted molar refractivity (Wildman–Crippen MR) is 87.6 cm³/mol. The van der Waals surface area contributed by atoms with E-state index in [2.05, 4.69) is 15.9 Å². The zero-order chi connectivity index (χ0) is 14.1. The first-order valence-corrected chi connectivity index (χ1v) is 8.96. The molecule has 19 heavy (non-hydrogen) atoms. The molecule has 4 nitrogen and oxygen atoms in total. The van der Waals surface area contributed by atoms with Gasteiger partial charge in [-0.3, -0.25) is 0 Å². The van der Waals surface area contributed by atoms with Gasteiger partial charge in [0.2, 0.25) is 0 Å². The molecule has 110 valence electrons. The minimum atomic E-state index is 0.116. The number of unbranched alkanes of at least 4 members (excludes halogenated alkanes) is 3. The number of rotatable bonds is 10. The molecule has 0 spiro atoms. The molecule has 0 saturated heterocycles. The molecule has 0 aromatic carbocycles. The Labute approximate surface area is 124 Å².